The Morgan fingerprint density at radius 2 is 1.71 bits per heavy atom. The van der Waals surface area contributed by atoms with Crippen molar-refractivity contribution in [1.82, 2.24) is 30.2 Å². The molecular weight excluding hydrogens is 867 g/mol. The van der Waals surface area contributed by atoms with Crippen molar-refractivity contribution in [2.75, 3.05) is 77.4 Å². The second-order valence-corrected chi connectivity index (χ2v) is 17.7. The molecule has 0 radical (unpaired) electrons. The summed E-state index contributed by atoms with van der Waals surface area (Å²) in [5.41, 5.74) is 4.40. The number of amides is 2. The Kier molecular flexibility index (Phi) is 19.9. The van der Waals surface area contributed by atoms with Crippen LogP contribution in [0, 0.1) is 5.41 Å². The fourth-order valence-corrected chi connectivity index (χ4v) is 8.33. The van der Waals surface area contributed by atoms with Crippen LogP contribution >= 0.6 is 35.5 Å². The number of hydrogen-bond acceptors (Lipinski definition) is 21. The third kappa shape index (κ3) is 16.3. The SMILES string of the molecule is CC(C)(COP(=O)(O)OP(=O)(O)OC[C@@H]1O[C@H](n2cnc3c(N)ncnc32)[C@@H](O)[C@H]1OP(=O)(O)O)C(OCCO)C(=O)NCCC(=O)NCCSOCCOCCO. The maximum Gasteiger partial charge on any atom is 0.481 e. The number of nitrogen functional groups attached to an aromatic ring is 1. The van der Waals surface area contributed by atoms with E-state index >= 15 is 0 Å². The molecule has 1 saturated heterocycles. The molecule has 11 N–H and O–H groups in total. The number of fused-ring (bicyclic) bond motifs is 1. The molecule has 7 atom stereocenters. The second-order valence-electron chi connectivity index (χ2n) is 12.6. The van der Waals surface area contributed by atoms with Gasteiger partial charge in [-0.3, -0.25) is 27.7 Å². The van der Waals surface area contributed by atoms with Gasteiger partial charge in [0.25, 0.3) is 0 Å². The van der Waals surface area contributed by atoms with Crippen molar-refractivity contribution in [1.29, 1.82) is 0 Å². The molecule has 2 amide bonds. The van der Waals surface area contributed by atoms with Crippen molar-refractivity contribution < 1.29 is 94.5 Å². The Bertz CT molecular complexity index is 1770. The molecule has 3 heterocycles. The molecule has 0 spiro atoms. The molecule has 0 saturated carbocycles. The number of aliphatic hydroxyl groups is 3. The molecule has 27 nitrogen and oxygen atoms in total. The number of anilines is 1. The van der Waals surface area contributed by atoms with Gasteiger partial charge in [-0.2, -0.15) is 4.31 Å². The van der Waals surface area contributed by atoms with Crippen molar-refractivity contribution in [2.24, 2.45) is 5.41 Å². The van der Waals surface area contributed by atoms with Gasteiger partial charge in [0.2, 0.25) is 11.8 Å². The highest BCUT2D eigenvalue weighted by Gasteiger charge is 2.50. The lowest BCUT2D eigenvalue weighted by atomic mass is 9.86. The smallest absolute Gasteiger partial charge is 0.394 e. The van der Waals surface area contributed by atoms with E-state index in [2.05, 4.69) is 34.4 Å². The number of carbonyl (C=O) groups excluding carboxylic acids is 2. The first-order chi connectivity index (χ1) is 27.2. The minimum atomic E-state index is -5.58. The van der Waals surface area contributed by atoms with Crippen LogP contribution in [0.15, 0.2) is 12.7 Å². The number of carbonyl (C=O) groups is 2. The lowest BCUT2D eigenvalue weighted by Crippen LogP contribution is -2.48. The number of phosphoric acid groups is 3. The molecule has 0 aromatic carbocycles. The summed E-state index contributed by atoms with van der Waals surface area (Å²) >= 11 is 1.11. The van der Waals surface area contributed by atoms with Crippen LogP contribution in [0.2, 0.25) is 0 Å². The minimum absolute atomic E-state index is 0.0294. The zero-order valence-electron chi connectivity index (χ0n) is 31.1. The lowest BCUT2D eigenvalue weighted by molar-refractivity contribution is -0.144. The van der Waals surface area contributed by atoms with E-state index in [1.807, 2.05) is 0 Å². The van der Waals surface area contributed by atoms with Gasteiger partial charge < -0.3 is 69.7 Å². The predicted molar refractivity (Wildman–Crippen MR) is 197 cm³/mol. The van der Waals surface area contributed by atoms with E-state index in [0.717, 1.165) is 29.3 Å². The summed E-state index contributed by atoms with van der Waals surface area (Å²) in [4.78, 5) is 76.5. The molecule has 1 fully saturated rings. The van der Waals surface area contributed by atoms with Crippen molar-refractivity contribution in [3.8, 4) is 0 Å². The number of nitrogens with zero attached hydrogens (tertiary/aromatic N) is 4. The lowest BCUT2D eigenvalue weighted by Gasteiger charge is -2.33. The van der Waals surface area contributed by atoms with Crippen molar-refractivity contribution in [3.05, 3.63) is 12.7 Å². The third-order valence-electron chi connectivity index (χ3n) is 7.55. The van der Waals surface area contributed by atoms with Gasteiger partial charge in [-0.15, -0.1) is 0 Å². The van der Waals surface area contributed by atoms with Gasteiger partial charge in [-0.1, -0.05) is 13.8 Å². The maximum absolute atomic E-state index is 13.1. The molecule has 31 heteroatoms. The van der Waals surface area contributed by atoms with Gasteiger partial charge in [-0.05, 0) is 12.0 Å². The molecule has 2 aromatic heterocycles. The number of ether oxygens (including phenoxy) is 3. The van der Waals surface area contributed by atoms with Gasteiger partial charge in [0.1, 0.15) is 36.3 Å². The number of phosphoric ester groups is 3. The zero-order valence-corrected chi connectivity index (χ0v) is 34.6. The Morgan fingerprint density at radius 1 is 1.00 bits per heavy atom. The number of imidazole rings is 1. The van der Waals surface area contributed by atoms with E-state index < -0.39 is 91.2 Å². The summed E-state index contributed by atoms with van der Waals surface area (Å²) in [7, 11) is -16.4. The van der Waals surface area contributed by atoms with Crippen LogP contribution < -0.4 is 16.4 Å². The van der Waals surface area contributed by atoms with Crippen molar-refractivity contribution in [2.45, 2.75) is 50.9 Å². The molecule has 1 aliphatic rings. The second kappa shape index (κ2) is 23.1. The largest absolute Gasteiger partial charge is 0.481 e. The van der Waals surface area contributed by atoms with E-state index in [1.54, 1.807) is 0 Å². The molecule has 3 unspecified atom stereocenters. The number of aliphatic hydroxyl groups excluding tert-OH is 3. The fourth-order valence-electron chi connectivity index (χ4n) is 5.01. The van der Waals surface area contributed by atoms with E-state index in [4.69, 9.17) is 38.3 Å². The first-order valence-corrected chi connectivity index (χ1v) is 22.5. The zero-order chi connectivity index (χ0) is 43.1. The predicted octanol–water partition coefficient (Wildman–Crippen LogP) is -1.90. The Labute approximate surface area is 334 Å². The van der Waals surface area contributed by atoms with Gasteiger partial charge >= 0.3 is 23.5 Å². The van der Waals surface area contributed by atoms with E-state index in [1.165, 1.54) is 13.8 Å². The van der Waals surface area contributed by atoms with E-state index in [-0.39, 0.29) is 62.9 Å². The summed E-state index contributed by atoms with van der Waals surface area (Å²) in [5, 5.41) is 34.0. The van der Waals surface area contributed by atoms with Crippen LogP contribution in [0.5, 0.6) is 0 Å². The highest BCUT2D eigenvalue weighted by Crippen LogP contribution is 2.61. The average molecular weight is 916 g/mol. The van der Waals surface area contributed by atoms with Gasteiger partial charge in [0.15, 0.2) is 17.7 Å². The first-order valence-electron chi connectivity index (χ1n) is 17.1. The Morgan fingerprint density at radius 3 is 2.40 bits per heavy atom. The highest BCUT2D eigenvalue weighted by atomic mass is 32.2. The van der Waals surface area contributed by atoms with E-state index in [0.29, 0.717) is 12.4 Å². The number of hydrogen-bond donors (Lipinski definition) is 10. The van der Waals surface area contributed by atoms with Crippen LogP contribution in [0.3, 0.4) is 0 Å². The maximum atomic E-state index is 13.1. The van der Waals surface area contributed by atoms with Crippen molar-refractivity contribution >= 4 is 64.3 Å². The molecule has 0 aliphatic carbocycles. The highest BCUT2D eigenvalue weighted by molar-refractivity contribution is 7.94. The molecule has 1 aliphatic heterocycles. The Hall–Kier alpha value is -2.27. The van der Waals surface area contributed by atoms with Crippen LogP contribution in [0.4, 0.5) is 5.82 Å². The van der Waals surface area contributed by atoms with Crippen LogP contribution in [0.25, 0.3) is 11.2 Å². The standard InChI is InChI=1S/C27H48N7O20P3S/c1-27(2,22(48-9-7-36)25(39)30-4-3-18(37)29-5-12-58-51-11-10-47-8-6-35)14-50-57(45,46)54-56(43,44)49-13-17-21(53-55(40,41)42)20(38)26(52-17)34-16-33-19-23(28)31-15-32-24(19)34/h15-17,20-22,26,35-36,38H,3-14H2,1-2H3,(H,29,37)(H,30,39)(H,43,44)(H,45,46)(H2,28,31,32)(H2,40,41,42)/t17-,20-,21-,22?,26-/m0/s1. The molecule has 58 heavy (non-hydrogen) atoms. The number of nitrogens with two attached hydrogens (primary N) is 1. The Balaban J connectivity index is 1.53. The van der Waals surface area contributed by atoms with Gasteiger partial charge in [-0.25, -0.2) is 28.6 Å². The van der Waals surface area contributed by atoms with Crippen LogP contribution in [0.1, 0.15) is 26.5 Å². The average Bonchev–Trinajstić information content (AvgIpc) is 3.69. The monoisotopic (exact) mass is 915 g/mol. The van der Waals surface area contributed by atoms with Crippen LogP contribution in [-0.4, -0.2) is 162 Å². The number of aromatic nitrogens is 4. The van der Waals surface area contributed by atoms with Crippen LogP contribution in [-0.2, 0) is 59.6 Å². The van der Waals surface area contributed by atoms with Gasteiger partial charge in [0, 0.05) is 30.7 Å². The minimum Gasteiger partial charge on any atom is -0.394 e. The number of nitrogens with one attached hydrogen (secondary N) is 2. The molecule has 2 aromatic rings. The topological polar surface area (TPSA) is 394 Å². The third-order valence-corrected chi connectivity index (χ3v) is 11.4. The summed E-state index contributed by atoms with van der Waals surface area (Å²) in [5.74, 6) is -0.815. The van der Waals surface area contributed by atoms with E-state index in [9.17, 15) is 53.1 Å². The summed E-state index contributed by atoms with van der Waals surface area (Å²) < 4.78 is 78.5. The van der Waals surface area contributed by atoms with Crippen molar-refractivity contribution in [3.63, 3.8) is 0 Å². The number of rotatable bonds is 28. The molecular formula is C27H48N7O20P3S. The fraction of sp³-hybridized carbons (Fsp3) is 0.741. The molecule has 3 rings (SSSR count). The summed E-state index contributed by atoms with van der Waals surface area (Å²) in [6, 6.07) is 0. The summed E-state index contributed by atoms with van der Waals surface area (Å²) in [6.07, 6.45) is -6.47. The molecule has 0 bridgehead atoms. The molecule has 332 valence electrons. The summed E-state index contributed by atoms with van der Waals surface area (Å²) in [6.45, 7) is 0.708. The normalized spacial score (nSPS) is 21.4. The first kappa shape index (κ1) is 50.1. The quantitative estimate of drug-likeness (QED) is 0.0253. The van der Waals surface area contributed by atoms with Gasteiger partial charge in [0.05, 0.1) is 59.2 Å².